The van der Waals surface area contributed by atoms with Gasteiger partial charge in [0.25, 0.3) is 0 Å². The SMILES string of the molecule is CC1=C2CC1C[C@]1(C)OB(C3CCCN3C(=O)C(N)C(C)(C)C)OC21. The first-order valence-electron chi connectivity index (χ1n) is 9.71. The molecule has 0 spiro atoms. The quantitative estimate of drug-likeness (QED) is 0.616. The fraction of sp³-hybridized carbons (Fsp3) is 0.842. The number of hydrogen-bond donors (Lipinski definition) is 1. The third-order valence-corrected chi connectivity index (χ3v) is 6.86. The zero-order valence-electron chi connectivity index (χ0n) is 16.2. The van der Waals surface area contributed by atoms with Gasteiger partial charge in [0.1, 0.15) is 0 Å². The molecule has 2 saturated heterocycles. The second-order valence-electron chi connectivity index (χ2n) is 9.71. The third-order valence-electron chi connectivity index (χ3n) is 6.86. The van der Waals surface area contributed by atoms with Gasteiger partial charge in [-0.25, -0.2) is 0 Å². The lowest BCUT2D eigenvalue weighted by Crippen LogP contribution is -2.55. The molecule has 0 aromatic heterocycles. The van der Waals surface area contributed by atoms with Gasteiger partial charge in [0.15, 0.2) is 0 Å². The number of rotatable bonds is 2. The highest BCUT2D eigenvalue weighted by Gasteiger charge is 2.60. The molecule has 2 heterocycles. The molecule has 6 heteroatoms. The molecule has 5 rings (SSSR count). The summed E-state index contributed by atoms with van der Waals surface area (Å²) in [6.07, 6.45) is 4.17. The summed E-state index contributed by atoms with van der Waals surface area (Å²) in [5.74, 6) is 0.678. The Balaban J connectivity index is 1.52. The van der Waals surface area contributed by atoms with Crippen LogP contribution in [0.4, 0.5) is 0 Å². The van der Waals surface area contributed by atoms with Crippen molar-refractivity contribution in [2.24, 2.45) is 17.1 Å². The van der Waals surface area contributed by atoms with Crippen molar-refractivity contribution in [2.45, 2.75) is 84.0 Å². The lowest BCUT2D eigenvalue weighted by molar-refractivity contribution is -0.135. The summed E-state index contributed by atoms with van der Waals surface area (Å²) in [5.41, 5.74) is 8.70. The Morgan fingerprint density at radius 3 is 2.80 bits per heavy atom. The molecule has 5 atom stereocenters. The second-order valence-corrected chi connectivity index (χ2v) is 9.71. The number of likely N-dealkylation sites (tertiary alicyclic amines) is 1. The summed E-state index contributed by atoms with van der Waals surface area (Å²) in [6.45, 7) is 11.2. The van der Waals surface area contributed by atoms with Gasteiger partial charge in [0.05, 0.1) is 23.7 Å². The zero-order valence-corrected chi connectivity index (χ0v) is 16.2. The lowest BCUT2D eigenvalue weighted by atomic mass is 9.62. The number of nitrogens with zero attached hydrogens (tertiary/aromatic N) is 1. The highest BCUT2D eigenvalue weighted by Crippen LogP contribution is 2.55. The molecule has 138 valence electrons. The molecule has 2 N–H and O–H groups in total. The number of amides is 1. The molecular formula is C19H31BN2O3. The van der Waals surface area contributed by atoms with Crippen LogP contribution in [0.5, 0.6) is 0 Å². The van der Waals surface area contributed by atoms with Crippen molar-refractivity contribution in [1.82, 2.24) is 4.90 Å². The van der Waals surface area contributed by atoms with Crippen molar-refractivity contribution in [3.8, 4) is 0 Å². The standard InChI is InChI=1S/C19H31BN2O3/c1-11-12-9-13(11)16-19(5,10-12)25-20(24-16)14-7-6-8-22(14)17(23)15(21)18(2,3)4/h12,14-16H,6-10,21H2,1-5H3/t12?,14?,15?,16?,19-/m0/s1. The van der Waals surface area contributed by atoms with Crippen molar-refractivity contribution in [3.63, 3.8) is 0 Å². The van der Waals surface area contributed by atoms with E-state index in [-0.39, 0.29) is 36.1 Å². The van der Waals surface area contributed by atoms with Gasteiger partial charge < -0.3 is 19.9 Å². The summed E-state index contributed by atoms with van der Waals surface area (Å²) in [6, 6.07) is -0.495. The average molecular weight is 346 g/mol. The van der Waals surface area contributed by atoms with E-state index < -0.39 is 6.04 Å². The van der Waals surface area contributed by atoms with Crippen LogP contribution in [0.2, 0.25) is 0 Å². The molecule has 3 aliphatic carbocycles. The maximum Gasteiger partial charge on any atom is 0.482 e. The number of carbonyl (C=O) groups excluding carboxylic acids is 1. The van der Waals surface area contributed by atoms with Crippen molar-refractivity contribution >= 4 is 13.0 Å². The first-order valence-corrected chi connectivity index (χ1v) is 9.71. The van der Waals surface area contributed by atoms with E-state index in [4.69, 9.17) is 15.0 Å². The third kappa shape index (κ3) is 2.60. The molecule has 3 fully saturated rings. The molecular weight excluding hydrogens is 315 g/mol. The minimum absolute atomic E-state index is 0.0126. The van der Waals surface area contributed by atoms with E-state index in [2.05, 4.69) is 13.8 Å². The fourth-order valence-electron chi connectivity index (χ4n) is 5.05. The Bertz CT molecular complexity index is 629. The van der Waals surface area contributed by atoms with Crippen LogP contribution in [0, 0.1) is 11.3 Å². The van der Waals surface area contributed by atoms with Gasteiger partial charge in [0.2, 0.25) is 5.91 Å². The van der Waals surface area contributed by atoms with Crippen LogP contribution in [0.3, 0.4) is 0 Å². The van der Waals surface area contributed by atoms with Crippen LogP contribution in [0.15, 0.2) is 11.1 Å². The normalized spacial score (nSPS) is 38.7. The van der Waals surface area contributed by atoms with Crippen LogP contribution < -0.4 is 5.73 Å². The van der Waals surface area contributed by atoms with Crippen LogP contribution in [0.1, 0.15) is 60.3 Å². The minimum Gasteiger partial charge on any atom is -0.401 e. The van der Waals surface area contributed by atoms with Crippen molar-refractivity contribution in [1.29, 1.82) is 0 Å². The maximum atomic E-state index is 13.0. The molecule has 25 heavy (non-hydrogen) atoms. The number of hydrogen-bond acceptors (Lipinski definition) is 4. The van der Waals surface area contributed by atoms with Gasteiger partial charge in [-0.15, -0.1) is 0 Å². The maximum absolute atomic E-state index is 13.0. The van der Waals surface area contributed by atoms with Gasteiger partial charge in [0, 0.05) is 6.54 Å². The molecule has 1 saturated carbocycles. The Kier molecular flexibility index (Phi) is 3.92. The first kappa shape index (κ1) is 17.6. The average Bonchev–Trinajstić information content (AvgIpc) is 3.14. The Labute approximate surface area is 151 Å². The largest absolute Gasteiger partial charge is 0.482 e. The Morgan fingerprint density at radius 2 is 2.16 bits per heavy atom. The summed E-state index contributed by atoms with van der Waals surface area (Å²) >= 11 is 0. The highest BCUT2D eigenvalue weighted by molar-refractivity contribution is 6.48. The van der Waals surface area contributed by atoms with E-state index in [0.717, 1.165) is 32.2 Å². The fourth-order valence-corrected chi connectivity index (χ4v) is 5.05. The minimum atomic E-state index is -0.495. The van der Waals surface area contributed by atoms with Gasteiger partial charge in [-0.2, -0.15) is 0 Å². The predicted octanol–water partition coefficient (Wildman–Crippen LogP) is 2.29. The molecule has 0 radical (unpaired) electrons. The Morgan fingerprint density at radius 1 is 1.44 bits per heavy atom. The van der Waals surface area contributed by atoms with Gasteiger partial charge >= 0.3 is 7.12 Å². The monoisotopic (exact) mass is 346 g/mol. The number of nitrogens with two attached hydrogens (primary N) is 1. The molecule has 5 aliphatic rings. The highest BCUT2D eigenvalue weighted by atomic mass is 16.7. The number of carbonyl (C=O) groups is 1. The summed E-state index contributed by atoms with van der Waals surface area (Å²) in [7, 11) is -0.326. The van der Waals surface area contributed by atoms with Crippen molar-refractivity contribution in [2.75, 3.05) is 6.54 Å². The van der Waals surface area contributed by atoms with E-state index in [0.29, 0.717) is 5.92 Å². The molecule has 1 amide bonds. The second kappa shape index (κ2) is 5.57. The molecule has 2 bridgehead atoms. The molecule has 5 nitrogen and oxygen atoms in total. The first-order chi connectivity index (χ1) is 11.6. The predicted molar refractivity (Wildman–Crippen MR) is 97.7 cm³/mol. The molecule has 2 aliphatic heterocycles. The summed E-state index contributed by atoms with van der Waals surface area (Å²) in [4.78, 5) is 14.9. The van der Waals surface area contributed by atoms with Crippen molar-refractivity contribution in [3.05, 3.63) is 11.1 Å². The van der Waals surface area contributed by atoms with E-state index >= 15 is 0 Å². The van der Waals surface area contributed by atoms with Crippen molar-refractivity contribution < 1.29 is 14.1 Å². The van der Waals surface area contributed by atoms with Gasteiger partial charge in [-0.05, 0) is 56.4 Å². The van der Waals surface area contributed by atoms with Gasteiger partial charge in [-0.3, -0.25) is 4.79 Å². The number of allylic oxidation sites excluding steroid dienone is 1. The lowest BCUT2D eigenvalue weighted by Gasteiger charge is -2.49. The summed E-state index contributed by atoms with van der Waals surface area (Å²) < 4.78 is 12.8. The molecule has 0 aromatic rings. The van der Waals surface area contributed by atoms with Crippen LogP contribution in [-0.2, 0) is 14.1 Å². The van der Waals surface area contributed by atoms with E-state index in [9.17, 15) is 4.79 Å². The van der Waals surface area contributed by atoms with E-state index in [1.54, 1.807) is 0 Å². The zero-order chi connectivity index (χ0) is 18.1. The van der Waals surface area contributed by atoms with Gasteiger partial charge in [-0.1, -0.05) is 26.3 Å². The summed E-state index contributed by atoms with van der Waals surface area (Å²) in [5, 5.41) is 0. The molecule has 0 aromatic carbocycles. The van der Waals surface area contributed by atoms with Crippen LogP contribution in [0.25, 0.3) is 0 Å². The topological polar surface area (TPSA) is 64.8 Å². The smallest absolute Gasteiger partial charge is 0.401 e. The van der Waals surface area contributed by atoms with E-state index in [1.165, 1.54) is 11.1 Å². The van der Waals surface area contributed by atoms with Crippen LogP contribution >= 0.6 is 0 Å². The molecule has 4 unspecified atom stereocenters. The Hall–Kier alpha value is -0.845. The van der Waals surface area contributed by atoms with Crippen LogP contribution in [-0.4, -0.2) is 48.2 Å². The van der Waals surface area contributed by atoms with E-state index in [1.807, 2.05) is 25.7 Å².